The lowest BCUT2D eigenvalue weighted by Crippen LogP contribution is -2.06. The zero-order valence-corrected chi connectivity index (χ0v) is 8.34. The summed E-state index contributed by atoms with van der Waals surface area (Å²) in [5, 5.41) is 0. The van der Waals surface area contributed by atoms with E-state index in [2.05, 4.69) is 4.84 Å². The molecule has 0 radical (unpaired) electrons. The van der Waals surface area contributed by atoms with Crippen LogP contribution in [-0.4, -0.2) is 14.2 Å². The van der Waals surface area contributed by atoms with E-state index >= 15 is 0 Å². The van der Waals surface area contributed by atoms with Gasteiger partial charge in [-0.05, 0) is 0 Å². The van der Waals surface area contributed by atoms with Crippen LogP contribution < -0.4 is 15.4 Å². The van der Waals surface area contributed by atoms with Crippen LogP contribution in [0.15, 0.2) is 6.07 Å². The summed E-state index contributed by atoms with van der Waals surface area (Å²) in [7, 11) is 2.53. The van der Waals surface area contributed by atoms with Crippen LogP contribution in [0.3, 0.4) is 0 Å². The monoisotopic (exact) mass is 219 g/mol. The average Bonchev–Trinajstić information content (AvgIpc) is 2.25. The van der Waals surface area contributed by atoms with E-state index in [0.29, 0.717) is 0 Å². The maximum atomic E-state index is 13.5. The molecular weight excluding hydrogens is 208 g/mol. The van der Waals surface area contributed by atoms with Crippen molar-refractivity contribution in [3.63, 3.8) is 0 Å². The SMILES string of the molecule is COc1cc(OC)c(F)c(CON)c1F. The first-order valence-corrected chi connectivity index (χ1v) is 4.06. The first kappa shape index (κ1) is 11.7. The van der Waals surface area contributed by atoms with Gasteiger partial charge in [-0.25, -0.2) is 14.7 Å². The predicted octanol–water partition coefficient (Wildman–Crippen LogP) is 1.37. The van der Waals surface area contributed by atoms with E-state index in [1.165, 1.54) is 14.2 Å². The molecule has 2 N–H and O–H groups in total. The second-order valence-corrected chi connectivity index (χ2v) is 2.70. The fourth-order valence-corrected chi connectivity index (χ4v) is 1.15. The summed E-state index contributed by atoms with van der Waals surface area (Å²) >= 11 is 0. The quantitative estimate of drug-likeness (QED) is 0.777. The number of nitrogens with two attached hydrogens (primary N) is 1. The van der Waals surface area contributed by atoms with Crippen LogP contribution in [0.4, 0.5) is 8.78 Å². The lowest BCUT2D eigenvalue weighted by molar-refractivity contribution is 0.117. The van der Waals surface area contributed by atoms with Crippen LogP contribution in [0, 0.1) is 11.6 Å². The van der Waals surface area contributed by atoms with Gasteiger partial charge in [0.25, 0.3) is 0 Å². The van der Waals surface area contributed by atoms with Gasteiger partial charge in [0.15, 0.2) is 23.1 Å². The van der Waals surface area contributed by atoms with Crippen LogP contribution >= 0.6 is 0 Å². The Labute approximate surface area is 85.5 Å². The van der Waals surface area contributed by atoms with E-state index in [1.54, 1.807) is 0 Å². The van der Waals surface area contributed by atoms with E-state index in [1.807, 2.05) is 0 Å². The van der Waals surface area contributed by atoms with Gasteiger partial charge in [0.2, 0.25) is 0 Å². The van der Waals surface area contributed by atoms with E-state index in [0.717, 1.165) is 6.07 Å². The topological polar surface area (TPSA) is 53.7 Å². The second-order valence-electron chi connectivity index (χ2n) is 2.70. The van der Waals surface area contributed by atoms with Crippen molar-refractivity contribution in [2.24, 2.45) is 5.90 Å². The molecule has 0 unspecified atom stereocenters. The molecule has 0 amide bonds. The molecule has 84 valence electrons. The smallest absolute Gasteiger partial charge is 0.173 e. The highest BCUT2D eigenvalue weighted by Crippen LogP contribution is 2.31. The molecule has 0 bridgehead atoms. The van der Waals surface area contributed by atoms with Crippen molar-refractivity contribution < 1.29 is 23.1 Å². The summed E-state index contributed by atoms with van der Waals surface area (Å²) in [5.41, 5.74) is -0.325. The second kappa shape index (κ2) is 4.90. The van der Waals surface area contributed by atoms with Crippen LogP contribution in [0.1, 0.15) is 5.56 Å². The number of hydrogen-bond acceptors (Lipinski definition) is 4. The number of methoxy groups -OCH3 is 2. The minimum absolute atomic E-state index is 0.125. The molecule has 1 rings (SSSR count). The Morgan fingerprint density at radius 2 is 1.60 bits per heavy atom. The summed E-state index contributed by atoms with van der Waals surface area (Å²) in [4.78, 5) is 4.20. The number of hydrogen-bond donors (Lipinski definition) is 1. The largest absolute Gasteiger partial charge is 0.494 e. The minimum Gasteiger partial charge on any atom is -0.494 e. The Balaban J connectivity index is 3.32. The Kier molecular flexibility index (Phi) is 3.81. The van der Waals surface area contributed by atoms with Crippen molar-refractivity contribution in [3.8, 4) is 11.5 Å². The fourth-order valence-electron chi connectivity index (χ4n) is 1.15. The van der Waals surface area contributed by atoms with Crippen LogP contribution in [0.25, 0.3) is 0 Å². The molecule has 1 aromatic carbocycles. The molecule has 0 aromatic heterocycles. The zero-order valence-electron chi connectivity index (χ0n) is 8.34. The zero-order chi connectivity index (χ0) is 11.4. The molecule has 0 saturated carbocycles. The maximum absolute atomic E-state index is 13.5. The molecule has 6 heteroatoms. The molecule has 0 aliphatic heterocycles. The van der Waals surface area contributed by atoms with Crippen molar-refractivity contribution >= 4 is 0 Å². The molecule has 4 nitrogen and oxygen atoms in total. The highest BCUT2D eigenvalue weighted by atomic mass is 19.1. The summed E-state index contributed by atoms with van der Waals surface area (Å²) in [6.45, 7) is -0.398. The van der Waals surface area contributed by atoms with Crippen molar-refractivity contribution in [1.82, 2.24) is 0 Å². The number of benzene rings is 1. The molecular formula is C9H11F2NO3. The molecule has 0 aliphatic rings. The molecule has 0 aliphatic carbocycles. The molecule has 0 saturated heterocycles. The van der Waals surface area contributed by atoms with Gasteiger partial charge in [-0.3, -0.25) is 4.84 Å². The molecule has 15 heavy (non-hydrogen) atoms. The summed E-state index contributed by atoms with van der Waals surface area (Å²) < 4.78 is 36.4. The Bertz CT molecular complexity index is 329. The normalized spacial score (nSPS) is 10.2. The first-order chi connectivity index (χ1) is 7.15. The maximum Gasteiger partial charge on any atom is 0.173 e. The highest BCUT2D eigenvalue weighted by Gasteiger charge is 2.19. The summed E-state index contributed by atoms with van der Waals surface area (Å²) in [6, 6.07) is 1.12. The van der Waals surface area contributed by atoms with Gasteiger partial charge >= 0.3 is 0 Å². The number of halogens is 2. The third kappa shape index (κ3) is 2.16. The average molecular weight is 219 g/mol. The standard InChI is InChI=1S/C9H11F2NO3/c1-13-6-3-7(14-2)9(11)5(4-15-12)8(6)10/h3H,4,12H2,1-2H3. The van der Waals surface area contributed by atoms with E-state index in [-0.39, 0.29) is 17.1 Å². The van der Waals surface area contributed by atoms with Gasteiger partial charge in [-0.1, -0.05) is 0 Å². The van der Waals surface area contributed by atoms with Gasteiger partial charge < -0.3 is 9.47 Å². The van der Waals surface area contributed by atoms with Crippen LogP contribution in [0.2, 0.25) is 0 Å². The first-order valence-electron chi connectivity index (χ1n) is 4.06. The summed E-state index contributed by atoms with van der Waals surface area (Å²) in [5.74, 6) is 2.82. The van der Waals surface area contributed by atoms with Crippen molar-refractivity contribution in [2.45, 2.75) is 6.61 Å². The van der Waals surface area contributed by atoms with Gasteiger partial charge in [0.1, 0.15) is 0 Å². The third-order valence-corrected chi connectivity index (χ3v) is 1.89. The molecule has 0 atom stereocenters. The number of ether oxygens (including phenoxy) is 2. The van der Waals surface area contributed by atoms with E-state index in [4.69, 9.17) is 15.4 Å². The highest BCUT2D eigenvalue weighted by molar-refractivity contribution is 5.41. The fraction of sp³-hybridized carbons (Fsp3) is 0.333. The van der Waals surface area contributed by atoms with Crippen molar-refractivity contribution in [3.05, 3.63) is 23.3 Å². The van der Waals surface area contributed by atoms with Gasteiger partial charge in [0.05, 0.1) is 26.4 Å². The molecule has 0 heterocycles. The predicted molar refractivity (Wildman–Crippen MR) is 48.4 cm³/mol. The minimum atomic E-state index is -0.846. The van der Waals surface area contributed by atoms with Crippen LogP contribution in [0.5, 0.6) is 11.5 Å². The van der Waals surface area contributed by atoms with Gasteiger partial charge in [-0.15, -0.1) is 0 Å². The van der Waals surface area contributed by atoms with Crippen molar-refractivity contribution in [2.75, 3.05) is 14.2 Å². The Hall–Kier alpha value is -1.40. The summed E-state index contributed by atoms with van der Waals surface area (Å²) in [6.07, 6.45) is 0. The van der Waals surface area contributed by atoms with Gasteiger partial charge in [0, 0.05) is 6.07 Å². The van der Waals surface area contributed by atoms with Gasteiger partial charge in [-0.2, -0.15) is 0 Å². The number of rotatable bonds is 4. The lowest BCUT2D eigenvalue weighted by Gasteiger charge is -2.11. The molecule has 0 spiro atoms. The lowest BCUT2D eigenvalue weighted by atomic mass is 10.2. The Morgan fingerprint density at radius 3 is 1.93 bits per heavy atom. The Morgan fingerprint density at radius 1 is 1.13 bits per heavy atom. The van der Waals surface area contributed by atoms with Crippen LogP contribution in [-0.2, 0) is 11.4 Å². The van der Waals surface area contributed by atoms with E-state index < -0.39 is 18.2 Å². The molecule has 0 fully saturated rings. The van der Waals surface area contributed by atoms with Crippen molar-refractivity contribution in [1.29, 1.82) is 0 Å². The van der Waals surface area contributed by atoms with E-state index in [9.17, 15) is 8.78 Å². The third-order valence-electron chi connectivity index (χ3n) is 1.89. The molecule has 1 aromatic rings.